The average molecular weight is 534 g/mol. The Labute approximate surface area is 243 Å². The van der Waals surface area contributed by atoms with Crippen LogP contribution < -0.4 is 5.32 Å². The Morgan fingerprint density at radius 1 is 1.05 bits per heavy atom. The van der Waals surface area contributed by atoms with Crippen molar-refractivity contribution >= 4 is 47.5 Å². The van der Waals surface area contributed by atoms with Gasteiger partial charge in [0.2, 0.25) is 0 Å². The molecule has 10 heteroatoms. The third kappa shape index (κ3) is 8.34. The first-order chi connectivity index (χ1) is 17.6. The van der Waals surface area contributed by atoms with Crippen LogP contribution in [0.1, 0.15) is 72.9 Å². The number of aromatic nitrogens is 2. The summed E-state index contributed by atoms with van der Waals surface area (Å²) < 4.78 is 15.1. The number of aliphatic hydroxyl groups is 2. The second kappa shape index (κ2) is 14.4. The SMILES string of the molecule is CC(C)c1c(C(=O)NC(C)c2ccccc2)nn(-c2ccc(F)cc2)c1C=C[C@H](O)C[C@@H](O)CC(=O)O.[NaH]. The molecule has 0 saturated heterocycles. The molecule has 1 aromatic heterocycles. The third-order valence-corrected chi connectivity index (χ3v) is 5.87. The molecule has 4 N–H and O–H groups in total. The number of hydrogen-bond acceptors (Lipinski definition) is 5. The van der Waals surface area contributed by atoms with Crippen LogP contribution in [0, 0.1) is 5.82 Å². The summed E-state index contributed by atoms with van der Waals surface area (Å²) in [6.45, 7) is 5.69. The molecule has 3 rings (SSSR count). The van der Waals surface area contributed by atoms with Gasteiger partial charge in [-0.15, -0.1) is 0 Å². The Balaban J connectivity index is 0.00000507. The van der Waals surface area contributed by atoms with Crippen LogP contribution in [0.3, 0.4) is 0 Å². The van der Waals surface area contributed by atoms with Crippen LogP contribution >= 0.6 is 0 Å². The summed E-state index contributed by atoms with van der Waals surface area (Å²) in [4.78, 5) is 24.2. The fourth-order valence-electron chi connectivity index (χ4n) is 4.05. The Morgan fingerprint density at radius 3 is 2.26 bits per heavy atom. The molecule has 3 aromatic rings. The number of carboxylic acids is 1. The molecule has 0 spiro atoms. The zero-order valence-electron chi connectivity index (χ0n) is 21.0. The van der Waals surface area contributed by atoms with Crippen LogP contribution in [0.5, 0.6) is 0 Å². The molecule has 0 fully saturated rings. The minimum absolute atomic E-state index is 0. The van der Waals surface area contributed by atoms with Crippen molar-refractivity contribution in [3.05, 3.63) is 89.0 Å². The number of carbonyl (C=O) groups is 2. The van der Waals surface area contributed by atoms with Gasteiger partial charge in [0.05, 0.1) is 36.1 Å². The predicted octanol–water partition coefficient (Wildman–Crippen LogP) is 3.58. The van der Waals surface area contributed by atoms with Crippen LogP contribution in [0.2, 0.25) is 0 Å². The molecule has 0 radical (unpaired) electrons. The fourth-order valence-corrected chi connectivity index (χ4v) is 4.05. The molecule has 1 unspecified atom stereocenters. The summed E-state index contributed by atoms with van der Waals surface area (Å²) in [6.07, 6.45) is -0.0129. The normalized spacial score (nSPS) is 13.7. The average Bonchev–Trinajstić information content (AvgIpc) is 3.23. The Morgan fingerprint density at radius 2 is 1.68 bits per heavy atom. The van der Waals surface area contributed by atoms with Crippen molar-refractivity contribution in [2.75, 3.05) is 0 Å². The van der Waals surface area contributed by atoms with Gasteiger partial charge in [0.15, 0.2) is 5.69 Å². The zero-order valence-corrected chi connectivity index (χ0v) is 21.0. The van der Waals surface area contributed by atoms with Crippen LogP contribution in [-0.2, 0) is 4.79 Å². The van der Waals surface area contributed by atoms with E-state index in [2.05, 4.69) is 10.4 Å². The first-order valence-corrected chi connectivity index (χ1v) is 12.1. The van der Waals surface area contributed by atoms with E-state index in [0.717, 1.165) is 5.56 Å². The number of nitrogens with one attached hydrogen (secondary N) is 1. The van der Waals surface area contributed by atoms with Crippen molar-refractivity contribution in [1.82, 2.24) is 15.1 Å². The number of carbonyl (C=O) groups excluding carboxylic acids is 1. The van der Waals surface area contributed by atoms with E-state index in [4.69, 9.17) is 5.11 Å². The third-order valence-electron chi connectivity index (χ3n) is 5.87. The number of rotatable bonds is 11. The topological polar surface area (TPSA) is 125 Å². The molecule has 0 bridgehead atoms. The van der Waals surface area contributed by atoms with Crippen LogP contribution in [0.4, 0.5) is 4.39 Å². The molecule has 2 aromatic carbocycles. The standard InChI is InChI=1S/C28H32FN3O5.Na.H/c1-17(2)26-24(14-13-22(33)15-23(34)16-25(35)36)32(21-11-9-20(29)10-12-21)31-27(26)28(37)30-18(3)19-7-5-4-6-8-19;;/h4-14,17-18,22-23,33-34H,15-16H2,1-3H3,(H,30,37)(H,35,36);;/t18?,22-,23+;;/m0../s1. The maximum absolute atomic E-state index is 13.6. The van der Waals surface area contributed by atoms with Gasteiger partial charge in [0, 0.05) is 12.0 Å². The van der Waals surface area contributed by atoms with Gasteiger partial charge in [0.1, 0.15) is 5.82 Å². The van der Waals surface area contributed by atoms with Gasteiger partial charge in [-0.25, -0.2) is 9.07 Å². The number of carboxylic acid groups (broad SMARTS) is 1. The van der Waals surface area contributed by atoms with Gasteiger partial charge in [0.25, 0.3) is 5.91 Å². The van der Waals surface area contributed by atoms with Gasteiger partial charge in [-0.1, -0.05) is 50.3 Å². The van der Waals surface area contributed by atoms with E-state index in [1.807, 2.05) is 51.1 Å². The fraction of sp³-hybridized carbons (Fsp3) is 0.321. The summed E-state index contributed by atoms with van der Waals surface area (Å²) in [5.74, 6) is -2.11. The molecule has 1 amide bonds. The van der Waals surface area contributed by atoms with E-state index >= 15 is 0 Å². The van der Waals surface area contributed by atoms with Crippen molar-refractivity contribution in [2.24, 2.45) is 0 Å². The van der Waals surface area contributed by atoms with E-state index in [9.17, 15) is 24.2 Å². The quantitative estimate of drug-likeness (QED) is 0.279. The first kappa shape index (κ1) is 31.4. The van der Waals surface area contributed by atoms with Crippen molar-refractivity contribution in [3.8, 4) is 5.69 Å². The van der Waals surface area contributed by atoms with Crippen LogP contribution in [0.25, 0.3) is 11.8 Å². The monoisotopic (exact) mass is 533 g/mol. The molecule has 198 valence electrons. The molecule has 8 nitrogen and oxygen atoms in total. The van der Waals surface area contributed by atoms with Crippen LogP contribution in [-0.4, -0.2) is 78.7 Å². The number of aliphatic hydroxyl groups excluding tert-OH is 2. The predicted molar refractivity (Wildman–Crippen MR) is 145 cm³/mol. The Hall–Kier alpha value is -2.82. The maximum atomic E-state index is 13.6. The second-order valence-corrected chi connectivity index (χ2v) is 9.21. The second-order valence-electron chi connectivity index (χ2n) is 9.21. The van der Waals surface area contributed by atoms with Crippen molar-refractivity contribution in [3.63, 3.8) is 0 Å². The number of amides is 1. The number of aliphatic carboxylic acids is 1. The van der Waals surface area contributed by atoms with Gasteiger partial charge in [-0.05, 0) is 48.7 Å². The van der Waals surface area contributed by atoms with Crippen LogP contribution in [0.15, 0.2) is 60.7 Å². The molecule has 1 heterocycles. The Kier molecular flexibility index (Phi) is 11.9. The van der Waals surface area contributed by atoms with E-state index in [1.54, 1.807) is 6.08 Å². The summed E-state index contributed by atoms with van der Waals surface area (Å²) in [7, 11) is 0. The molecule has 38 heavy (non-hydrogen) atoms. The Bertz CT molecular complexity index is 1250. The van der Waals surface area contributed by atoms with Crippen molar-refractivity contribution in [1.29, 1.82) is 0 Å². The number of benzene rings is 2. The molecule has 3 atom stereocenters. The molecule has 0 aliphatic carbocycles. The summed E-state index contributed by atoms with van der Waals surface area (Å²) in [5, 5.41) is 36.6. The van der Waals surface area contributed by atoms with Crippen molar-refractivity contribution in [2.45, 2.75) is 57.8 Å². The molecular weight excluding hydrogens is 500 g/mol. The van der Waals surface area contributed by atoms with Gasteiger partial charge in [-0.3, -0.25) is 9.59 Å². The summed E-state index contributed by atoms with van der Waals surface area (Å²) >= 11 is 0. The molecule has 0 aliphatic heterocycles. The minimum atomic E-state index is -1.22. The molecule has 0 aliphatic rings. The number of nitrogens with zero attached hydrogens (tertiary/aromatic N) is 2. The van der Waals surface area contributed by atoms with Gasteiger partial charge in [-0.2, -0.15) is 5.10 Å². The van der Waals surface area contributed by atoms with E-state index in [0.29, 0.717) is 16.9 Å². The zero-order chi connectivity index (χ0) is 27.1. The first-order valence-electron chi connectivity index (χ1n) is 12.1. The van der Waals surface area contributed by atoms with E-state index in [1.165, 1.54) is 35.0 Å². The number of halogens is 1. The molecule has 0 saturated carbocycles. The summed E-state index contributed by atoms with van der Waals surface area (Å²) in [6, 6.07) is 14.9. The van der Waals surface area contributed by atoms with Crippen molar-refractivity contribution < 1.29 is 29.3 Å². The van der Waals surface area contributed by atoms with Gasteiger partial charge < -0.3 is 20.6 Å². The summed E-state index contributed by atoms with van der Waals surface area (Å²) in [5.41, 5.74) is 2.77. The number of hydrogen-bond donors (Lipinski definition) is 4. The van der Waals surface area contributed by atoms with E-state index < -0.39 is 30.4 Å². The molecular formula is C28H33FN3NaO5. The van der Waals surface area contributed by atoms with E-state index in [-0.39, 0.29) is 59.5 Å². The van der Waals surface area contributed by atoms with Gasteiger partial charge >= 0.3 is 35.5 Å².